The normalized spacial score (nSPS) is 10.0. The Hall–Kier alpha value is -1.52. The summed E-state index contributed by atoms with van der Waals surface area (Å²) in [6, 6.07) is -0.00782. The lowest BCUT2D eigenvalue weighted by Gasteiger charge is -2.18. The average Bonchev–Trinajstić information content (AvgIpc) is 2.72. The van der Waals surface area contributed by atoms with Gasteiger partial charge in [0.05, 0.1) is 0 Å². The molecule has 1 aromatic rings. The Kier molecular flexibility index (Phi) is 4.66. The highest BCUT2D eigenvalue weighted by Gasteiger charge is 2.07. The molecule has 1 heterocycles. The zero-order valence-electron chi connectivity index (χ0n) is 9.29. The van der Waals surface area contributed by atoms with Gasteiger partial charge in [-0.05, 0) is 13.8 Å². The molecule has 0 aliphatic rings. The van der Waals surface area contributed by atoms with Crippen LogP contribution in [-0.2, 0) is 6.42 Å². The van der Waals surface area contributed by atoms with Gasteiger partial charge in [0.15, 0.2) is 0 Å². The van der Waals surface area contributed by atoms with E-state index in [0.717, 1.165) is 25.3 Å². The predicted molar refractivity (Wildman–Crippen MR) is 58.6 cm³/mol. The highest BCUT2D eigenvalue weighted by Crippen LogP contribution is 1.90. The first kappa shape index (κ1) is 11.6. The van der Waals surface area contributed by atoms with Crippen molar-refractivity contribution in [3.8, 4) is 0 Å². The van der Waals surface area contributed by atoms with Crippen LogP contribution in [-0.4, -0.2) is 40.5 Å². The van der Waals surface area contributed by atoms with Crippen LogP contribution in [0.3, 0.4) is 0 Å². The number of amides is 2. The van der Waals surface area contributed by atoms with Gasteiger partial charge in [-0.3, -0.25) is 0 Å². The van der Waals surface area contributed by atoms with Crippen LogP contribution >= 0.6 is 0 Å². The molecule has 0 aliphatic carbocycles. The minimum Gasteiger partial charge on any atom is -0.349 e. The molecule has 84 valence electrons. The number of H-pyrrole nitrogens is 1. The van der Waals surface area contributed by atoms with Crippen molar-refractivity contribution in [1.29, 1.82) is 0 Å². The Bertz CT molecular complexity index is 280. The number of rotatable bonds is 5. The van der Waals surface area contributed by atoms with Gasteiger partial charge < -0.3 is 15.2 Å². The first-order valence-corrected chi connectivity index (χ1v) is 5.29. The van der Waals surface area contributed by atoms with Crippen molar-refractivity contribution in [2.75, 3.05) is 19.6 Å². The number of aromatic amines is 1. The number of carbonyl (C=O) groups excluding carboxylic acids is 1. The quantitative estimate of drug-likeness (QED) is 0.761. The standard InChI is InChI=1S/C10H18N4O/c1-3-14(4-2)10(15)13-6-5-9-11-7-8-12-9/h7-8H,3-6H2,1-2H3,(H,11,12)(H,13,15). The maximum absolute atomic E-state index is 11.5. The van der Waals surface area contributed by atoms with Gasteiger partial charge in [-0.25, -0.2) is 9.78 Å². The molecule has 0 bridgehead atoms. The van der Waals surface area contributed by atoms with Gasteiger partial charge in [0.25, 0.3) is 0 Å². The Balaban J connectivity index is 2.22. The first-order chi connectivity index (χ1) is 7.27. The maximum atomic E-state index is 11.5. The second-order valence-corrected chi connectivity index (χ2v) is 3.19. The van der Waals surface area contributed by atoms with Crippen LogP contribution in [0.25, 0.3) is 0 Å². The van der Waals surface area contributed by atoms with Crippen LogP contribution in [0.4, 0.5) is 4.79 Å². The van der Waals surface area contributed by atoms with Crippen LogP contribution in [0.1, 0.15) is 19.7 Å². The van der Waals surface area contributed by atoms with E-state index in [1.807, 2.05) is 13.8 Å². The summed E-state index contributed by atoms with van der Waals surface area (Å²) in [5.41, 5.74) is 0. The third-order valence-electron chi connectivity index (χ3n) is 2.24. The van der Waals surface area contributed by atoms with Crippen LogP contribution in [0.5, 0.6) is 0 Å². The number of urea groups is 1. The summed E-state index contributed by atoms with van der Waals surface area (Å²) < 4.78 is 0. The van der Waals surface area contributed by atoms with Crippen LogP contribution in [0, 0.1) is 0 Å². The molecule has 1 rings (SSSR count). The van der Waals surface area contributed by atoms with E-state index in [1.54, 1.807) is 17.3 Å². The minimum absolute atomic E-state index is 0.00782. The fourth-order valence-electron chi connectivity index (χ4n) is 1.35. The van der Waals surface area contributed by atoms with Crippen molar-refractivity contribution >= 4 is 6.03 Å². The number of hydrogen-bond acceptors (Lipinski definition) is 2. The highest BCUT2D eigenvalue weighted by molar-refractivity contribution is 5.74. The molecule has 2 amide bonds. The Morgan fingerprint density at radius 1 is 1.53 bits per heavy atom. The second kappa shape index (κ2) is 6.06. The van der Waals surface area contributed by atoms with Gasteiger partial charge in [0.2, 0.25) is 0 Å². The smallest absolute Gasteiger partial charge is 0.317 e. The summed E-state index contributed by atoms with van der Waals surface area (Å²) in [5.74, 6) is 0.898. The number of nitrogens with one attached hydrogen (secondary N) is 2. The van der Waals surface area contributed by atoms with Crippen molar-refractivity contribution in [2.45, 2.75) is 20.3 Å². The van der Waals surface area contributed by atoms with Gasteiger partial charge in [0.1, 0.15) is 5.82 Å². The van der Waals surface area contributed by atoms with E-state index in [0.29, 0.717) is 6.54 Å². The monoisotopic (exact) mass is 210 g/mol. The Morgan fingerprint density at radius 3 is 2.80 bits per heavy atom. The molecule has 15 heavy (non-hydrogen) atoms. The lowest BCUT2D eigenvalue weighted by molar-refractivity contribution is 0.203. The molecule has 0 atom stereocenters. The fourth-order valence-corrected chi connectivity index (χ4v) is 1.35. The van der Waals surface area contributed by atoms with Gasteiger partial charge in [-0.15, -0.1) is 0 Å². The van der Waals surface area contributed by atoms with E-state index in [1.165, 1.54) is 0 Å². The highest BCUT2D eigenvalue weighted by atomic mass is 16.2. The molecule has 0 aromatic carbocycles. The van der Waals surface area contributed by atoms with Crippen LogP contribution in [0.15, 0.2) is 12.4 Å². The molecule has 1 aromatic heterocycles. The van der Waals surface area contributed by atoms with Crippen molar-refractivity contribution in [2.24, 2.45) is 0 Å². The summed E-state index contributed by atoms with van der Waals surface area (Å²) in [6.07, 6.45) is 4.23. The topological polar surface area (TPSA) is 61.0 Å². The first-order valence-electron chi connectivity index (χ1n) is 5.29. The zero-order valence-corrected chi connectivity index (χ0v) is 9.29. The van der Waals surface area contributed by atoms with Gasteiger partial charge in [-0.1, -0.05) is 0 Å². The van der Waals surface area contributed by atoms with E-state index in [9.17, 15) is 4.79 Å². The van der Waals surface area contributed by atoms with E-state index in [4.69, 9.17) is 0 Å². The van der Waals surface area contributed by atoms with Crippen LogP contribution < -0.4 is 5.32 Å². The van der Waals surface area contributed by atoms with E-state index >= 15 is 0 Å². The molecular formula is C10H18N4O. The van der Waals surface area contributed by atoms with Crippen molar-refractivity contribution in [1.82, 2.24) is 20.2 Å². The molecule has 0 saturated carbocycles. The van der Waals surface area contributed by atoms with Crippen molar-refractivity contribution in [3.05, 3.63) is 18.2 Å². The van der Waals surface area contributed by atoms with Gasteiger partial charge >= 0.3 is 6.03 Å². The molecule has 2 N–H and O–H groups in total. The molecule has 0 fully saturated rings. The van der Waals surface area contributed by atoms with Crippen molar-refractivity contribution < 1.29 is 4.79 Å². The molecular weight excluding hydrogens is 192 g/mol. The number of imidazole rings is 1. The van der Waals surface area contributed by atoms with Crippen LogP contribution in [0.2, 0.25) is 0 Å². The third-order valence-corrected chi connectivity index (χ3v) is 2.24. The number of hydrogen-bond donors (Lipinski definition) is 2. The molecule has 5 nitrogen and oxygen atoms in total. The SMILES string of the molecule is CCN(CC)C(=O)NCCc1ncc[nH]1. The Labute approximate surface area is 89.9 Å². The number of carbonyl (C=O) groups is 1. The summed E-state index contributed by atoms with van der Waals surface area (Å²) in [5, 5.41) is 2.85. The molecule has 0 radical (unpaired) electrons. The molecule has 0 unspecified atom stereocenters. The summed E-state index contributed by atoms with van der Waals surface area (Å²) in [4.78, 5) is 20.3. The Morgan fingerprint density at radius 2 is 2.27 bits per heavy atom. The lowest BCUT2D eigenvalue weighted by Crippen LogP contribution is -2.40. The summed E-state index contributed by atoms with van der Waals surface area (Å²) in [6.45, 7) is 6.03. The van der Waals surface area contributed by atoms with Crippen molar-refractivity contribution in [3.63, 3.8) is 0 Å². The average molecular weight is 210 g/mol. The maximum Gasteiger partial charge on any atom is 0.317 e. The largest absolute Gasteiger partial charge is 0.349 e. The zero-order chi connectivity index (χ0) is 11.1. The van der Waals surface area contributed by atoms with E-state index < -0.39 is 0 Å². The van der Waals surface area contributed by atoms with Gasteiger partial charge in [-0.2, -0.15) is 0 Å². The minimum atomic E-state index is -0.00782. The summed E-state index contributed by atoms with van der Waals surface area (Å²) >= 11 is 0. The molecule has 0 aliphatic heterocycles. The third kappa shape index (κ3) is 3.61. The van der Waals surface area contributed by atoms with E-state index in [-0.39, 0.29) is 6.03 Å². The number of nitrogens with zero attached hydrogens (tertiary/aromatic N) is 2. The summed E-state index contributed by atoms with van der Waals surface area (Å²) in [7, 11) is 0. The lowest BCUT2D eigenvalue weighted by atomic mass is 10.4. The van der Waals surface area contributed by atoms with E-state index in [2.05, 4.69) is 15.3 Å². The molecule has 5 heteroatoms. The molecule has 0 saturated heterocycles. The van der Waals surface area contributed by atoms with Gasteiger partial charge in [0, 0.05) is 38.4 Å². The predicted octanol–water partition coefficient (Wildman–Crippen LogP) is 1.00. The fraction of sp³-hybridized carbons (Fsp3) is 0.600. The number of aromatic nitrogens is 2. The molecule has 0 spiro atoms. The second-order valence-electron chi connectivity index (χ2n) is 3.19.